The van der Waals surface area contributed by atoms with Crippen LogP contribution in [-0.4, -0.2) is 10.8 Å². The predicted molar refractivity (Wildman–Crippen MR) is 45.9 cm³/mol. The van der Waals surface area contributed by atoms with Crippen molar-refractivity contribution in [3.8, 4) is 0 Å². The number of aromatic nitrogens is 1. The molecule has 1 aromatic rings. The summed E-state index contributed by atoms with van der Waals surface area (Å²) in [5.74, 6) is -0.101. The lowest BCUT2D eigenvalue weighted by Crippen LogP contribution is -2.03. The van der Waals surface area contributed by atoms with Gasteiger partial charge in [0.15, 0.2) is 11.6 Å². The molecule has 0 unspecified atom stereocenters. The van der Waals surface area contributed by atoms with Crippen LogP contribution in [0.25, 0.3) is 0 Å². The molecule has 0 amide bonds. The maximum atomic E-state index is 13.0. The third-order valence-corrected chi connectivity index (χ3v) is 2.24. The van der Waals surface area contributed by atoms with Crippen LogP contribution >= 0.6 is 0 Å². The molecule has 2 rings (SSSR count). The normalized spacial score (nSPS) is 15.8. The van der Waals surface area contributed by atoms with E-state index >= 15 is 0 Å². The number of carbonyl (C=O) groups excluding carboxylic acids is 1. The summed E-state index contributed by atoms with van der Waals surface area (Å²) in [6, 6.07) is 1.44. The standard InChI is InChI=1S/C10H10FNO/c11-9-6-12-4-3-8(9)10(13)5-7-1-2-7/h3-4,6-7H,1-2,5H2. The van der Waals surface area contributed by atoms with Crippen molar-refractivity contribution in [3.05, 3.63) is 29.8 Å². The highest BCUT2D eigenvalue weighted by molar-refractivity contribution is 5.96. The summed E-state index contributed by atoms with van der Waals surface area (Å²) >= 11 is 0. The SMILES string of the molecule is O=C(CC1CC1)c1ccncc1F. The first-order chi connectivity index (χ1) is 6.27. The van der Waals surface area contributed by atoms with E-state index in [2.05, 4.69) is 4.98 Å². The van der Waals surface area contributed by atoms with Crippen molar-refractivity contribution < 1.29 is 9.18 Å². The van der Waals surface area contributed by atoms with Gasteiger partial charge < -0.3 is 0 Å². The van der Waals surface area contributed by atoms with E-state index in [9.17, 15) is 9.18 Å². The number of ketones is 1. The van der Waals surface area contributed by atoms with Crippen LogP contribution in [-0.2, 0) is 0 Å². The number of rotatable bonds is 3. The summed E-state index contributed by atoms with van der Waals surface area (Å²) in [7, 11) is 0. The van der Waals surface area contributed by atoms with E-state index in [1.54, 1.807) is 0 Å². The van der Waals surface area contributed by atoms with Gasteiger partial charge in [-0.3, -0.25) is 9.78 Å². The van der Waals surface area contributed by atoms with Crippen LogP contribution in [0.5, 0.6) is 0 Å². The molecule has 0 bridgehead atoms. The highest BCUT2D eigenvalue weighted by Crippen LogP contribution is 2.33. The molecule has 0 atom stereocenters. The molecule has 1 aliphatic rings. The van der Waals surface area contributed by atoms with Crippen molar-refractivity contribution in [3.63, 3.8) is 0 Å². The molecule has 3 heteroatoms. The molecule has 1 fully saturated rings. The van der Waals surface area contributed by atoms with Crippen LogP contribution in [0.3, 0.4) is 0 Å². The Labute approximate surface area is 75.8 Å². The third kappa shape index (κ3) is 1.91. The van der Waals surface area contributed by atoms with Crippen LogP contribution in [0.2, 0.25) is 0 Å². The minimum absolute atomic E-state index is 0.0950. The molecule has 0 saturated heterocycles. The maximum Gasteiger partial charge on any atom is 0.166 e. The Morgan fingerprint density at radius 1 is 1.62 bits per heavy atom. The molecule has 13 heavy (non-hydrogen) atoms. The van der Waals surface area contributed by atoms with Gasteiger partial charge in [0.05, 0.1) is 11.8 Å². The second kappa shape index (κ2) is 3.24. The lowest BCUT2D eigenvalue weighted by atomic mass is 10.1. The Balaban J connectivity index is 2.13. The van der Waals surface area contributed by atoms with E-state index in [1.807, 2.05) is 0 Å². The van der Waals surface area contributed by atoms with Crippen LogP contribution in [0.1, 0.15) is 29.6 Å². The van der Waals surface area contributed by atoms with Gasteiger partial charge in [0.25, 0.3) is 0 Å². The van der Waals surface area contributed by atoms with E-state index < -0.39 is 5.82 Å². The number of Topliss-reactive ketones (excluding diaryl/α,β-unsaturated/α-hetero) is 1. The second-order valence-electron chi connectivity index (χ2n) is 3.43. The van der Waals surface area contributed by atoms with E-state index in [-0.39, 0.29) is 11.3 Å². The zero-order chi connectivity index (χ0) is 9.26. The fourth-order valence-electron chi connectivity index (χ4n) is 1.30. The molecule has 1 saturated carbocycles. The molecular weight excluding hydrogens is 169 g/mol. The lowest BCUT2D eigenvalue weighted by molar-refractivity contribution is 0.0972. The summed E-state index contributed by atoms with van der Waals surface area (Å²) in [5, 5.41) is 0. The van der Waals surface area contributed by atoms with E-state index in [0.717, 1.165) is 19.0 Å². The van der Waals surface area contributed by atoms with Gasteiger partial charge in [-0.05, 0) is 24.8 Å². The number of pyridine rings is 1. The number of hydrogen-bond acceptors (Lipinski definition) is 2. The van der Waals surface area contributed by atoms with Crippen molar-refractivity contribution in [1.82, 2.24) is 4.98 Å². The van der Waals surface area contributed by atoms with Crippen LogP contribution in [0, 0.1) is 11.7 Å². The first-order valence-electron chi connectivity index (χ1n) is 4.40. The average Bonchev–Trinajstić information content (AvgIpc) is 2.89. The maximum absolute atomic E-state index is 13.0. The average molecular weight is 179 g/mol. The number of hydrogen-bond donors (Lipinski definition) is 0. The van der Waals surface area contributed by atoms with Crippen molar-refractivity contribution in [2.75, 3.05) is 0 Å². The zero-order valence-electron chi connectivity index (χ0n) is 7.16. The Morgan fingerprint density at radius 3 is 3.00 bits per heavy atom. The molecule has 1 aromatic heterocycles. The Bertz CT molecular complexity index is 333. The zero-order valence-corrected chi connectivity index (χ0v) is 7.16. The van der Waals surface area contributed by atoms with Gasteiger partial charge in [-0.25, -0.2) is 4.39 Å². The fraction of sp³-hybridized carbons (Fsp3) is 0.400. The summed E-state index contributed by atoms with van der Waals surface area (Å²) in [5.41, 5.74) is 0.182. The van der Waals surface area contributed by atoms with Crippen LogP contribution in [0.4, 0.5) is 4.39 Å². The van der Waals surface area contributed by atoms with E-state index in [1.165, 1.54) is 12.3 Å². The first-order valence-corrected chi connectivity index (χ1v) is 4.40. The van der Waals surface area contributed by atoms with Crippen molar-refractivity contribution >= 4 is 5.78 Å². The molecule has 1 heterocycles. The molecule has 1 aliphatic carbocycles. The van der Waals surface area contributed by atoms with Gasteiger partial charge in [-0.15, -0.1) is 0 Å². The molecule has 68 valence electrons. The fourth-order valence-corrected chi connectivity index (χ4v) is 1.30. The Hall–Kier alpha value is -1.25. The second-order valence-corrected chi connectivity index (χ2v) is 3.43. The van der Waals surface area contributed by atoms with Gasteiger partial charge in [0.2, 0.25) is 0 Å². The summed E-state index contributed by atoms with van der Waals surface area (Å²) in [6.45, 7) is 0. The summed E-state index contributed by atoms with van der Waals surface area (Å²) < 4.78 is 13.0. The number of nitrogens with zero attached hydrogens (tertiary/aromatic N) is 1. The lowest BCUT2D eigenvalue weighted by Gasteiger charge is -1.99. The first kappa shape index (κ1) is 8.35. The topological polar surface area (TPSA) is 30.0 Å². The Kier molecular flexibility index (Phi) is 2.08. The predicted octanol–water partition coefficient (Wildman–Crippen LogP) is 2.20. The molecule has 0 radical (unpaired) electrons. The van der Waals surface area contributed by atoms with E-state index in [0.29, 0.717) is 12.3 Å². The quantitative estimate of drug-likeness (QED) is 0.666. The summed E-state index contributed by atoms with van der Waals surface area (Å²) in [6.07, 6.45) is 5.24. The van der Waals surface area contributed by atoms with Gasteiger partial charge in [0, 0.05) is 12.6 Å². The van der Waals surface area contributed by atoms with E-state index in [4.69, 9.17) is 0 Å². The third-order valence-electron chi connectivity index (χ3n) is 2.24. The van der Waals surface area contributed by atoms with Gasteiger partial charge in [0.1, 0.15) is 0 Å². The smallest absolute Gasteiger partial charge is 0.166 e. The van der Waals surface area contributed by atoms with Crippen molar-refractivity contribution in [2.24, 2.45) is 5.92 Å². The number of carbonyl (C=O) groups is 1. The highest BCUT2D eigenvalue weighted by Gasteiger charge is 2.25. The van der Waals surface area contributed by atoms with Crippen molar-refractivity contribution in [2.45, 2.75) is 19.3 Å². The van der Waals surface area contributed by atoms with Crippen LogP contribution in [0.15, 0.2) is 18.5 Å². The summed E-state index contributed by atoms with van der Waals surface area (Å²) in [4.78, 5) is 15.0. The molecular formula is C10H10FNO. The van der Waals surface area contributed by atoms with Gasteiger partial charge in [-0.1, -0.05) is 0 Å². The molecule has 0 aromatic carbocycles. The number of halogens is 1. The molecule has 0 spiro atoms. The monoisotopic (exact) mass is 179 g/mol. The van der Waals surface area contributed by atoms with Gasteiger partial charge in [-0.2, -0.15) is 0 Å². The molecule has 0 N–H and O–H groups in total. The molecule has 2 nitrogen and oxygen atoms in total. The van der Waals surface area contributed by atoms with Gasteiger partial charge >= 0.3 is 0 Å². The molecule has 0 aliphatic heterocycles. The minimum Gasteiger partial charge on any atom is -0.294 e. The van der Waals surface area contributed by atoms with Crippen LogP contribution < -0.4 is 0 Å². The minimum atomic E-state index is -0.506. The Morgan fingerprint density at radius 2 is 2.38 bits per heavy atom. The highest BCUT2D eigenvalue weighted by atomic mass is 19.1. The largest absolute Gasteiger partial charge is 0.294 e. The van der Waals surface area contributed by atoms with Crippen molar-refractivity contribution in [1.29, 1.82) is 0 Å².